The maximum Gasteiger partial charge on any atom is 0.258 e. The van der Waals surface area contributed by atoms with E-state index in [1.807, 2.05) is 0 Å². The fourth-order valence-corrected chi connectivity index (χ4v) is 3.65. The van der Waals surface area contributed by atoms with E-state index in [1.54, 1.807) is 19.1 Å². The molecule has 0 aliphatic heterocycles. The molecule has 1 amide bonds. The number of carbonyl (C=O) groups excluding carboxylic acids is 1. The lowest BCUT2D eigenvalue weighted by Gasteiger charge is -2.21. The smallest absolute Gasteiger partial charge is 0.258 e. The molecule has 0 aliphatic rings. The van der Waals surface area contributed by atoms with Gasteiger partial charge in [0.2, 0.25) is 10.0 Å². The molecule has 28 heavy (non-hydrogen) atoms. The van der Waals surface area contributed by atoms with Gasteiger partial charge >= 0.3 is 0 Å². The number of carbonyl (C=O) groups is 1. The third kappa shape index (κ3) is 4.47. The maximum absolute atomic E-state index is 13.1. The SMILES string of the molecule is CCN(C(=O)c1ccc(S(=O)(=O)NCc2ccco2)cc1)c1ccc(F)cc1. The molecule has 0 radical (unpaired) electrons. The summed E-state index contributed by atoms with van der Waals surface area (Å²) in [5, 5.41) is 0. The van der Waals surface area contributed by atoms with E-state index in [2.05, 4.69) is 4.72 Å². The molecule has 0 fully saturated rings. The number of halogens is 1. The molecule has 1 N–H and O–H groups in total. The van der Waals surface area contributed by atoms with Crippen LogP contribution in [0, 0.1) is 5.82 Å². The Kier molecular flexibility index (Phi) is 5.91. The molecule has 6 nitrogen and oxygen atoms in total. The second-order valence-electron chi connectivity index (χ2n) is 5.95. The molecule has 146 valence electrons. The Bertz CT molecular complexity index is 1030. The molecule has 1 heterocycles. The number of hydrogen-bond donors (Lipinski definition) is 1. The highest BCUT2D eigenvalue weighted by Gasteiger charge is 2.19. The number of nitrogens with one attached hydrogen (secondary N) is 1. The van der Waals surface area contributed by atoms with Crippen molar-refractivity contribution in [2.24, 2.45) is 0 Å². The van der Waals surface area contributed by atoms with E-state index in [9.17, 15) is 17.6 Å². The average Bonchev–Trinajstić information content (AvgIpc) is 3.22. The number of sulfonamides is 1. The van der Waals surface area contributed by atoms with Crippen LogP contribution >= 0.6 is 0 Å². The molecular weight excluding hydrogens is 383 g/mol. The Morgan fingerprint density at radius 2 is 1.75 bits per heavy atom. The minimum atomic E-state index is -3.74. The van der Waals surface area contributed by atoms with E-state index < -0.39 is 10.0 Å². The number of amides is 1. The summed E-state index contributed by atoms with van der Waals surface area (Å²) in [6.07, 6.45) is 1.46. The summed E-state index contributed by atoms with van der Waals surface area (Å²) in [6, 6.07) is 14.6. The Morgan fingerprint density at radius 1 is 1.07 bits per heavy atom. The summed E-state index contributed by atoms with van der Waals surface area (Å²) in [6.45, 7) is 2.22. The minimum Gasteiger partial charge on any atom is -0.468 e. The Hall–Kier alpha value is -2.97. The summed E-state index contributed by atoms with van der Waals surface area (Å²) in [5.74, 6) is -0.196. The second kappa shape index (κ2) is 8.37. The molecular formula is C20H19FN2O4S. The van der Waals surface area contributed by atoms with E-state index in [-0.39, 0.29) is 23.2 Å². The molecule has 0 saturated heterocycles. The van der Waals surface area contributed by atoms with Gasteiger partial charge in [-0.3, -0.25) is 4.79 Å². The average molecular weight is 402 g/mol. The first-order chi connectivity index (χ1) is 13.4. The molecule has 3 rings (SSSR count). The zero-order valence-electron chi connectivity index (χ0n) is 15.1. The summed E-state index contributed by atoms with van der Waals surface area (Å²) in [7, 11) is -3.74. The Morgan fingerprint density at radius 3 is 2.32 bits per heavy atom. The van der Waals surface area contributed by atoms with Crippen molar-refractivity contribution in [3.63, 3.8) is 0 Å². The zero-order valence-corrected chi connectivity index (χ0v) is 15.9. The number of hydrogen-bond acceptors (Lipinski definition) is 4. The third-order valence-electron chi connectivity index (χ3n) is 4.13. The number of benzene rings is 2. The van der Waals surface area contributed by atoms with Crippen molar-refractivity contribution >= 4 is 21.6 Å². The molecule has 0 saturated carbocycles. The lowest BCUT2D eigenvalue weighted by Crippen LogP contribution is -2.30. The van der Waals surface area contributed by atoms with E-state index in [4.69, 9.17) is 4.42 Å². The van der Waals surface area contributed by atoms with Gasteiger partial charge in [0.05, 0.1) is 17.7 Å². The van der Waals surface area contributed by atoms with Gasteiger partial charge in [-0.15, -0.1) is 0 Å². The first kappa shape index (κ1) is 19.8. The van der Waals surface area contributed by atoms with Crippen LogP contribution in [0.5, 0.6) is 0 Å². The van der Waals surface area contributed by atoms with Gasteiger partial charge in [-0.1, -0.05) is 0 Å². The fourth-order valence-electron chi connectivity index (χ4n) is 2.66. The number of nitrogens with zero attached hydrogens (tertiary/aromatic N) is 1. The van der Waals surface area contributed by atoms with Crippen LogP contribution in [0.2, 0.25) is 0 Å². The molecule has 3 aromatic rings. The van der Waals surface area contributed by atoms with Crippen molar-refractivity contribution < 1.29 is 22.0 Å². The lowest BCUT2D eigenvalue weighted by atomic mass is 10.2. The number of rotatable bonds is 7. The minimum absolute atomic E-state index is 0.0319. The number of anilines is 1. The predicted molar refractivity (Wildman–Crippen MR) is 103 cm³/mol. The van der Waals surface area contributed by atoms with Crippen molar-refractivity contribution in [2.45, 2.75) is 18.4 Å². The molecule has 2 aromatic carbocycles. The Balaban J connectivity index is 1.75. The third-order valence-corrected chi connectivity index (χ3v) is 5.54. The molecule has 0 atom stereocenters. The van der Waals surface area contributed by atoms with Crippen LogP contribution in [-0.2, 0) is 16.6 Å². The molecule has 0 bridgehead atoms. The van der Waals surface area contributed by atoms with Gasteiger partial charge in [-0.2, -0.15) is 0 Å². The van der Waals surface area contributed by atoms with Crippen LogP contribution < -0.4 is 9.62 Å². The van der Waals surface area contributed by atoms with E-state index in [0.29, 0.717) is 23.6 Å². The van der Waals surface area contributed by atoms with E-state index >= 15 is 0 Å². The Labute approximate surface area is 162 Å². The summed E-state index contributed by atoms with van der Waals surface area (Å²) in [5.41, 5.74) is 0.891. The van der Waals surface area contributed by atoms with Gasteiger partial charge in [-0.05, 0) is 67.6 Å². The largest absolute Gasteiger partial charge is 0.468 e. The van der Waals surface area contributed by atoms with Crippen LogP contribution in [0.1, 0.15) is 23.0 Å². The van der Waals surface area contributed by atoms with Crippen LogP contribution in [0.4, 0.5) is 10.1 Å². The quantitative estimate of drug-likeness (QED) is 0.655. The first-order valence-electron chi connectivity index (χ1n) is 8.60. The summed E-state index contributed by atoms with van der Waals surface area (Å²) >= 11 is 0. The predicted octanol–water partition coefficient (Wildman–Crippen LogP) is 3.56. The molecule has 8 heteroatoms. The van der Waals surface area contributed by atoms with Crippen molar-refractivity contribution in [2.75, 3.05) is 11.4 Å². The molecule has 1 aromatic heterocycles. The van der Waals surface area contributed by atoms with Gasteiger partial charge in [-0.25, -0.2) is 17.5 Å². The van der Waals surface area contributed by atoms with Crippen LogP contribution in [0.15, 0.2) is 76.2 Å². The van der Waals surface area contributed by atoms with Crippen LogP contribution in [-0.4, -0.2) is 20.9 Å². The standard InChI is InChI=1S/C20H19FN2O4S/c1-2-23(17-9-7-16(21)8-10-17)20(24)15-5-11-19(12-6-15)28(25,26)22-14-18-4-3-13-27-18/h3-13,22H,2,14H2,1H3. The van der Waals surface area contributed by atoms with Crippen molar-refractivity contribution in [1.29, 1.82) is 0 Å². The molecule has 0 unspecified atom stereocenters. The van der Waals surface area contributed by atoms with E-state index in [1.165, 1.54) is 59.7 Å². The normalized spacial score (nSPS) is 11.4. The molecule has 0 aliphatic carbocycles. The molecule has 0 spiro atoms. The number of furan rings is 1. The maximum atomic E-state index is 13.1. The zero-order chi connectivity index (χ0) is 20.1. The topological polar surface area (TPSA) is 79.6 Å². The van der Waals surface area contributed by atoms with Gasteiger partial charge < -0.3 is 9.32 Å². The summed E-state index contributed by atoms with van der Waals surface area (Å²) < 4.78 is 45.4. The highest BCUT2D eigenvalue weighted by atomic mass is 32.2. The highest BCUT2D eigenvalue weighted by Crippen LogP contribution is 2.19. The fraction of sp³-hybridized carbons (Fsp3) is 0.150. The first-order valence-corrected chi connectivity index (χ1v) is 10.1. The summed E-state index contributed by atoms with van der Waals surface area (Å²) in [4.78, 5) is 14.3. The van der Waals surface area contributed by atoms with Crippen molar-refractivity contribution in [1.82, 2.24) is 4.72 Å². The van der Waals surface area contributed by atoms with Crippen LogP contribution in [0.3, 0.4) is 0 Å². The van der Waals surface area contributed by atoms with E-state index in [0.717, 1.165) is 0 Å². The van der Waals surface area contributed by atoms with Gasteiger partial charge in [0.15, 0.2) is 0 Å². The second-order valence-corrected chi connectivity index (χ2v) is 7.72. The van der Waals surface area contributed by atoms with Gasteiger partial charge in [0, 0.05) is 17.8 Å². The monoisotopic (exact) mass is 402 g/mol. The van der Waals surface area contributed by atoms with Gasteiger partial charge in [0.25, 0.3) is 5.91 Å². The highest BCUT2D eigenvalue weighted by molar-refractivity contribution is 7.89. The van der Waals surface area contributed by atoms with Crippen LogP contribution in [0.25, 0.3) is 0 Å². The van der Waals surface area contributed by atoms with Crippen molar-refractivity contribution in [3.8, 4) is 0 Å². The van der Waals surface area contributed by atoms with Crippen molar-refractivity contribution in [3.05, 3.63) is 84.1 Å². The lowest BCUT2D eigenvalue weighted by molar-refractivity contribution is 0.0988. The van der Waals surface area contributed by atoms with Gasteiger partial charge in [0.1, 0.15) is 11.6 Å².